The molecule has 1 aromatic heterocycles. The van der Waals surface area contributed by atoms with Crippen molar-refractivity contribution in [2.24, 2.45) is 0 Å². The van der Waals surface area contributed by atoms with Gasteiger partial charge in [-0.2, -0.15) is 0 Å². The molecule has 0 N–H and O–H groups in total. The van der Waals surface area contributed by atoms with E-state index in [-0.39, 0.29) is 28.2 Å². The Morgan fingerprint density at radius 1 is 1.29 bits per heavy atom. The first kappa shape index (κ1) is 22.1. The van der Waals surface area contributed by atoms with Crippen molar-refractivity contribution >= 4 is 40.6 Å². The maximum absolute atomic E-state index is 12.5. The second-order valence-electron chi connectivity index (χ2n) is 6.65. The topological polar surface area (TPSA) is 129 Å². The third kappa shape index (κ3) is 4.94. The van der Waals surface area contributed by atoms with Crippen molar-refractivity contribution in [1.29, 1.82) is 0 Å². The molecule has 1 aliphatic rings. The second kappa shape index (κ2) is 9.04. The first-order valence-corrected chi connectivity index (χ1v) is 9.88. The number of non-ortho nitro benzene ring substituents is 1. The molecule has 0 saturated carbocycles. The summed E-state index contributed by atoms with van der Waals surface area (Å²) >= 11 is 0.673. The minimum absolute atomic E-state index is 0.0780. The van der Waals surface area contributed by atoms with Gasteiger partial charge in [-0.3, -0.25) is 29.4 Å². The summed E-state index contributed by atoms with van der Waals surface area (Å²) in [4.78, 5) is 47.8. The monoisotopic (exact) mass is 446 g/mol. The van der Waals surface area contributed by atoms with Gasteiger partial charge in [0.15, 0.2) is 0 Å². The molecular weight excluding hydrogens is 428 g/mol. The van der Waals surface area contributed by atoms with E-state index in [0.717, 1.165) is 4.90 Å². The van der Waals surface area contributed by atoms with Crippen LogP contribution in [-0.4, -0.2) is 46.7 Å². The molecule has 10 nitrogen and oxygen atoms in total. The van der Waals surface area contributed by atoms with E-state index in [1.54, 1.807) is 26.0 Å². The molecule has 0 spiro atoms. The average Bonchev–Trinajstić information content (AvgIpc) is 3.27. The highest BCUT2D eigenvalue weighted by Gasteiger charge is 2.37. The SMILES string of the molecule is COc1ccc([N+](=O)[O-])cc1-c1ccc(/C=C2\SC(=O)N(CC(=O)OC(C)C)C2=O)o1. The number of carbonyl (C=O) groups is 3. The Bertz CT molecular complexity index is 1090. The van der Waals surface area contributed by atoms with Crippen LogP contribution in [0.4, 0.5) is 10.5 Å². The van der Waals surface area contributed by atoms with E-state index in [2.05, 4.69) is 0 Å². The molecule has 0 aliphatic carbocycles. The Balaban J connectivity index is 1.83. The number of thioether (sulfide) groups is 1. The van der Waals surface area contributed by atoms with E-state index in [0.29, 0.717) is 23.1 Å². The Hall–Kier alpha value is -3.60. The predicted molar refractivity (Wildman–Crippen MR) is 111 cm³/mol. The third-order valence-corrected chi connectivity index (χ3v) is 4.99. The second-order valence-corrected chi connectivity index (χ2v) is 7.64. The molecule has 0 radical (unpaired) electrons. The van der Waals surface area contributed by atoms with Gasteiger partial charge in [0, 0.05) is 18.2 Å². The molecule has 31 heavy (non-hydrogen) atoms. The maximum Gasteiger partial charge on any atom is 0.326 e. The third-order valence-electron chi connectivity index (χ3n) is 4.09. The molecule has 0 atom stereocenters. The van der Waals surface area contributed by atoms with E-state index in [1.807, 2.05) is 0 Å². The van der Waals surface area contributed by atoms with Gasteiger partial charge in [-0.05, 0) is 43.8 Å². The van der Waals surface area contributed by atoms with Gasteiger partial charge in [0.2, 0.25) is 0 Å². The number of benzene rings is 1. The zero-order valence-electron chi connectivity index (χ0n) is 16.8. The lowest BCUT2D eigenvalue weighted by molar-refractivity contribution is -0.384. The first-order valence-electron chi connectivity index (χ1n) is 9.07. The van der Waals surface area contributed by atoms with Crippen molar-refractivity contribution < 1.29 is 33.2 Å². The van der Waals surface area contributed by atoms with Crippen molar-refractivity contribution in [1.82, 2.24) is 4.90 Å². The fourth-order valence-electron chi connectivity index (χ4n) is 2.77. The van der Waals surface area contributed by atoms with E-state index < -0.39 is 28.6 Å². The summed E-state index contributed by atoms with van der Waals surface area (Å²) in [5.41, 5.74) is 0.226. The highest BCUT2D eigenvalue weighted by molar-refractivity contribution is 8.18. The lowest BCUT2D eigenvalue weighted by Crippen LogP contribution is -2.35. The molecule has 3 rings (SSSR count). The van der Waals surface area contributed by atoms with Crippen LogP contribution in [0.1, 0.15) is 19.6 Å². The van der Waals surface area contributed by atoms with Gasteiger partial charge >= 0.3 is 5.97 Å². The zero-order valence-corrected chi connectivity index (χ0v) is 17.6. The predicted octanol–water partition coefficient (Wildman–Crippen LogP) is 3.85. The molecule has 162 valence electrons. The molecule has 2 aromatic rings. The summed E-state index contributed by atoms with van der Waals surface area (Å²) in [6.07, 6.45) is 1.00. The van der Waals surface area contributed by atoms with Gasteiger partial charge in [0.1, 0.15) is 23.8 Å². The largest absolute Gasteiger partial charge is 0.496 e. The Morgan fingerprint density at radius 3 is 2.68 bits per heavy atom. The lowest BCUT2D eigenvalue weighted by Gasteiger charge is -2.13. The normalized spacial score (nSPS) is 15.1. The fourth-order valence-corrected chi connectivity index (χ4v) is 3.59. The number of nitro groups is 1. The molecule has 2 heterocycles. The first-order chi connectivity index (χ1) is 14.7. The standard InChI is InChI=1S/C20H18N2O8S/c1-11(2)29-18(23)10-21-19(24)17(31-20(21)25)9-13-5-7-16(30-13)14-8-12(22(26)27)4-6-15(14)28-3/h4-9,11H,10H2,1-3H3/b17-9-. The number of furan rings is 1. The number of rotatable bonds is 7. The van der Waals surface area contributed by atoms with Crippen LogP contribution in [0.2, 0.25) is 0 Å². The summed E-state index contributed by atoms with van der Waals surface area (Å²) in [6, 6.07) is 7.20. The highest BCUT2D eigenvalue weighted by atomic mass is 32.2. The zero-order chi connectivity index (χ0) is 22.7. The van der Waals surface area contributed by atoms with Crippen molar-refractivity contribution in [3.05, 3.63) is 51.1 Å². The van der Waals surface area contributed by atoms with Gasteiger partial charge in [0.05, 0.1) is 28.6 Å². The lowest BCUT2D eigenvalue weighted by atomic mass is 10.1. The summed E-state index contributed by atoms with van der Waals surface area (Å²) in [5, 5.41) is 10.5. The van der Waals surface area contributed by atoms with Crippen LogP contribution >= 0.6 is 11.8 Å². The molecule has 1 fully saturated rings. The number of ether oxygens (including phenoxy) is 2. The highest BCUT2D eigenvalue weighted by Crippen LogP contribution is 2.36. The molecule has 1 aromatic carbocycles. The summed E-state index contributed by atoms with van der Waals surface area (Å²) < 4.78 is 15.9. The van der Waals surface area contributed by atoms with Crippen LogP contribution in [0.15, 0.2) is 39.7 Å². The molecule has 0 unspecified atom stereocenters. The van der Waals surface area contributed by atoms with Crippen molar-refractivity contribution in [3.8, 4) is 17.1 Å². The quantitative estimate of drug-likeness (QED) is 0.269. The average molecular weight is 446 g/mol. The number of nitro benzene ring substituents is 1. The molecule has 1 saturated heterocycles. The van der Waals surface area contributed by atoms with Crippen LogP contribution in [0.3, 0.4) is 0 Å². The van der Waals surface area contributed by atoms with E-state index in [4.69, 9.17) is 13.9 Å². The number of hydrogen-bond acceptors (Lipinski definition) is 9. The van der Waals surface area contributed by atoms with Crippen LogP contribution < -0.4 is 4.74 Å². The number of methoxy groups -OCH3 is 1. The number of nitrogens with zero attached hydrogens (tertiary/aromatic N) is 2. The van der Waals surface area contributed by atoms with Gasteiger partial charge < -0.3 is 13.9 Å². The van der Waals surface area contributed by atoms with Crippen LogP contribution in [-0.2, 0) is 14.3 Å². The molecular formula is C20H18N2O8S. The molecule has 2 amide bonds. The molecule has 11 heteroatoms. The summed E-state index contributed by atoms with van der Waals surface area (Å²) in [5.74, 6) is -0.418. The van der Waals surface area contributed by atoms with E-state index in [1.165, 1.54) is 31.4 Å². The fraction of sp³-hybridized carbons (Fsp3) is 0.250. The number of amides is 2. The summed E-state index contributed by atoms with van der Waals surface area (Å²) in [6.45, 7) is 2.85. The summed E-state index contributed by atoms with van der Waals surface area (Å²) in [7, 11) is 1.43. The van der Waals surface area contributed by atoms with Crippen LogP contribution in [0.5, 0.6) is 5.75 Å². The molecule has 1 aliphatic heterocycles. The van der Waals surface area contributed by atoms with E-state index in [9.17, 15) is 24.5 Å². The molecule has 0 bridgehead atoms. The minimum Gasteiger partial charge on any atom is -0.496 e. The van der Waals surface area contributed by atoms with Crippen molar-refractivity contribution in [3.63, 3.8) is 0 Å². The van der Waals surface area contributed by atoms with Crippen molar-refractivity contribution in [2.45, 2.75) is 20.0 Å². The number of carbonyl (C=O) groups excluding carboxylic acids is 3. The number of hydrogen-bond donors (Lipinski definition) is 0. The number of esters is 1. The van der Waals surface area contributed by atoms with Crippen LogP contribution in [0.25, 0.3) is 17.4 Å². The van der Waals surface area contributed by atoms with Gasteiger partial charge in [-0.1, -0.05) is 0 Å². The van der Waals surface area contributed by atoms with Crippen LogP contribution in [0, 0.1) is 10.1 Å². The Kier molecular flexibility index (Phi) is 6.44. The maximum atomic E-state index is 12.5. The van der Waals surface area contributed by atoms with Gasteiger partial charge in [-0.25, -0.2) is 0 Å². The van der Waals surface area contributed by atoms with E-state index >= 15 is 0 Å². The van der Waals surface area contributed by atoms with Crippen molar-refractivity contribution in [2.75, 3.05) is 13.7 Å². The smallest absolute Gasteiger partial charge is 0.326 e. The van der Waals surface area contributed by atoms with Gasteiger partial charge in [0.25, 0.3) is 16.8 Å². The minimum atomic E-state index is -0.684. The van der Waals surface area contributed by atoms with Gasteiger partial charge in [-0.15, -0.1) is 0 Å². The Labute approximate surface area is 180 Å². The number of imide groups is 1. The Morgan fingerprint density at radius 2 is 2.03 bits per heavy atom.